The Balaban J connectivity index is 0.00000387. The van der Waals surface area contributed by atoms with Gasteiger partial charge >= 0.3 is 12.1 Å². The van der Waals surface area contributed by atoms with Crippen LogP contribution in [0.15, 0.2) is 30.3 Å². The van der Waals surface area contributed by atoms with Gasteiger partial charge in [0.1, 0.15) is 6.54 Å². The van der Waals surface area contributed by atoms with Crippen molar-refractivity contribution in [2.75, 3.05) is 36.7 Å². The largest absolute Gasteiger partial charge is 0.511 e. The number of nitrogens with one attached hydrogen (secondary N) is 1. The Morgan fingerprint density at radius 3 is 2.39 bits per heavy atom. The van der Waals surface area contributed by atoms with Gasteiger partial charge in [-0.3, -0.25) is 14.4 Å². The number of nitrogens with two attached hydrogens (primary N) is 1. The van der Waals surface area contributed by atoms with Gasteiger partial charge in [-0.1, -0.05) is 51.9 Å². The molecule has 1 amide bonds. The number of carbonyl (C=O) groups is 4. The van der Waals surface area contributed by atoms with Crippen molar-refractivity contribution in [1.29, 1.82) is 0 Å². The van der Waals surface area contributed by atoms with E-state index >= 15 is 0 Å². The molecule has 13 heteroatoms. The first kappa shape index (κ1) is 33.9. The molecular formula is C23H36N2O8S3. The van der Waals surface area contributed by atoms with Crippen molar-refractivity contribution < 1.29 is 38.5 Å². The minimum absolute atomic E-state index is 0.130. The Morgan fingerprint density at radius 1 is 1.14 bits per heavy atom. The SMILES string of the molecule is CCOC(=O)OC(C)OC(=O)CNC(=O)C(CSSCC(N)CCSC)Cc1ccccc1.O=CO. The van der Waals surface area contributed by atoms with Crippen LogP contribution in [-0.4, -0.2) is 78.6 Å². The van der Waals surface area contributed by atoms with E-state index in [-0.39, 0.29) is 37.5 Å². The molecule has 204 valence electrons. The van der Waals surface area contributed by atoms with E-state index < -0.39 is 18.4 Å². The third-order valence-corrected chi connectivity index (χ3v) is 7.48. The normalized spacial score (nSPS) is 12.7. The molecule has 0 fully saturated rings. The van der Waals surface area contributed by atoms with E-state index in [1.54, 1.807) is 40.3 Å². The fourth-order valence-electron chi connectivity index (χ4n) is 2.59. The summed E-state index contributed by atoms with van der Waals surface area (Å²) in [7, 11) is 3.27. The molecule has 0 bridgehead atoms. The van der Waals surface area contributed by atoms with Crippen LogP contribution in [0.25, 0.3) is 0 Å². The molecule has 0 aliphatic carbocycles. The number of thioether (sulfide) groups is 1. The first-order chi connectivity index (χ1) is 17.3. The monoisotopic (exact) mass is 564 g/mol. The van der Waals surface area contributed by atoms with E-state index in [0.717, 1.165) is 23.5 Å². The third kappa shape index (κ3) is 18.2. The molecule has 1 aromatic rings. The zero-order valence-electron chi connectivity index (χ0n) is 20.8. The number of amides is 1. The molecule has 0 aromatic heterocycles. The fraction of sp³-hybridized carbons (Fsp3) is 0.565. The predicted octanol–water partition coefficient (Wildman–Crippen LogP) is 3.19. The van der Waals surface area contributed by atoms with Gasteiger partial charge in [0.15, 0.2) is 0 Å². The number of benzene rings is 1. The van der Waals surface area contributed by atoms with E-state index in [1.165, 1.54) is 6.92 Å². The summed E-state index contributed by atoms with van der Waals surface area (Å²) in [5.41, 5.74) is 7.15. The predicted molar refractivity (Wildman–Crippen MR) is 145 cm³/mol. The molecule has 1 aromatic carbocycles. The maximum absolute atomic E-state index is 12.8. The lowest BCUT2D eigenvalue weighted by molar-refractivity contribution is -0.167. The summed E-state index contributed by atoms with van der Waals surface area (Å²) in [6.07, 6.45) is 1.54. The highest BCUT2D eigenvalue weighted by molar-refractivity contribution is 8.76. The summed E-state index contributed by atoms with van der Waals surface area (Å²) in [4.78, 5) is 44.4. The van der Waals surface area contributed by atoms with Gasteiger partial charge in [0.25, 0.3) is 6.47 Å². The van der Waals surface area contributed by atoms with E-state index in [9.17, 15) is 14.4 Å². The van der Waals surface area contributed by atoms with Crippen LogP contribution < -0.4 is 11.1 Å². The molecule has 0 saturated heterocycles. The first-order valence-electron chi connectivity index (χ1n) is 11.2. The van der Waals surface area contributed by atoms with Crippen molar-refractivity contribution in [3.63, 3.8) is 0 Å². The van der Waals surface area contributed by atoms with Gasteiger partial charge in [-0.2, -0.15) is 11.8 Å². The summed E-state index contributed by atoms with van der Waals surface area (Å²) < 4.78 is 14.4. The highest BCUT2D eigenvalue weighted by atomic mass is 33.1. The summed E-state index contributed by atoms with van der Waals surface area (Å²) in [6.45, 7) is 2.61. The Morgan fingerprint density at radius 2 is 1.78 bits per heavy atom. The van der Waals surface area contributed by atoms with E-state index in [4.69, 9.17) is 25.1 Å². The maximum Gasteiger partial charge on any atom is 0.511 e. The lowest BCUT2D eigenvalue weighted by Crippen LogP contribution is -2.38. The summed E-state index contributed by atoms with van der Waals surface area (Å²) in [5.74, 6) is 1.15. The number of esters is 1. The Bertz CT molecular complexity index is 758. The maximum atomic E-state index is 12.8. The number of carboxylic acid groups (broad SMARTS) is 1. The van der Waals surface area contributed by atoms with Crippen LogP contribution in [0.1, 0.15) is 25.8 Å². The van der Waals surface area contributed by atoms with Crippen LogP contribution in [0.2, 0.25) is 0 Å². The van der Waals surface area contributed by atoms with Gasteiger partial charge in [0, 0.05) is 24.5 Å². The molecule has 0 spiro atoms. The van der Waals surface area contributed by atoms with E-state index in [1.807, 2.05) is 30.3 Å². The number of rotatable bonds is 16. The second-order valence-corrected chi connectivity index (χ2v) is 10.7. The molecule has 0 radical (unpaired) electrons. The fourth-order valence-corrected chi connectivity index (χ4v) is 5.69. The molecule has 3 unspecified atom stereocenters. The van der Waals surface area contributed by atoms with Crippen molar-refractivity contribution in [3.05, 3.63) is 35.9 Å². The van der Waals surface area contributed by atoms with Crippen LogP contribution in [0.3, 0.4) is 0 Å². The van der Waals surface area contributed by atoms with Gasteiger partial charge < -0.3 is 30.4 Å². The van der Waals surface area contributed by atoms with E-state index in [0.29, 0.717) is 12.2 Å². The molecule has 10 nitrogen and oxygen atoms in total. The minimum atomic E-state index is -1.11. The second kappa shape index (κ2) is 22.1. The van der Waals surface area contributed by atoms with E-state index in [2.05, 4.69) is 16.3 Å². The average molecular weight is 565 g/mol. The minimum Gasteiger partial charge on any atom is -0.483 e. The molecule has 0 heterocycles. The van der Waals surface area contributed by atoms with Crippen molar-refractivity contribution in [2.24, 2.45) is 11.7 Å². The molecular weight excluding hydrogens is 528 g/mol. The third-order valence-electron chi connectivity index (χ3n) is 4.25. The lowest BCUT2D eigenvalue weighted by atomic mass is 10.0. The molecule has 0 aliphatic heterocycles. The van der Waals surface area contributed by atoms with Gasteiger partial charge in [0.2, 0.25) is 12.2 Å². The van der Waals surface area contributed by atoms with Crippen LogP contribution in [0.4, 0.5) is 4.79 Å². The molecule has 3 atom stereocenters. The van der Waals surface area contributed by atoms with Crippen molar-refractivity contribution in [1.82, 2.24) is 5.32 Å². The number of hydrogen-bond acceptors (Lipinski definition) is 11. The molecule has 4 N–H and O–H groups in total. The molecule has 0 aliphatic rings. The molecule has 0 saturated carbocycles. The lowest BCUT2D eigenvalue weighted by Gasteiger charge is -2.18. The van der Waals surface area contributed by atoms with Crippen LogP contribution in [0.5, 0.6) is 0 Å². The standard InChI is InChI=1S/C22H34N2O6S3.CH2O2/c1-4-28-22(27)30-16(2)29-20(25)13-24-21(26)18(12-17-8-6-5-7-9-17)14-32-33-15-19(23)10-11-31-3;2-1-3/h5-9,16,18-19H,4,10-15,23H2,1-3H3,(H,24,26);1H,(H,2,3). The summed E-state index contributed by atoms with van der Waals surface area (Å²) >= 11 is 1.78. The molecule has 1 rings (SSSR count). The summed E-state index contributed by atoms with van der Waals surface area (Å²) in [5, 5.41) is 9.52. The van der Waals surface area contributed by atoms with Gasteiger partial charge in [-0.05, 0) is 37.3 Å². The van der Waals surface area contributed by atoms with Gasteiger partial charge in [-0.25, -0.2) is 4.79 Å². The van der Waals surface area contributed by atoms with Crippen molar-refractivity contribution in [3.8, 4) is 0 Å². The Labute approximate surface area is 224 Å². The van der Waals surface area contributed by atoms with Gasteiger partial charge in [-0.15, -0.1) is 0 Å². The van der Waals surface area contributed by atoms with Crippen molar-refractivity contribution in [2.45, 2.75) is 39.0 Å². The Kier molecular flexibility index (Phi) is 20.8. The highest BCUT2D eigenvalue weighted by Crippen LogP contribution is 2.27. The molecule has 36 heavy (non-hydrogen) atoms. The highest BCUT2D eigenvalue weighted by Gasteiger charge is 2.21. The quantitative estimate of drug-likeness (QED) is 0.0888. The number of hydrogen-bond donors (Lipinski definition) is 3. The number of carbonyl (C=O) groups excluding carboxylic acids is 3. The average Bonchev–Trinajstić information content (AvgIpc) is 2.84. The van der Waals surface area contributed by atoms with Crippen LogP contribution in [-0.2, 0) is 35.0 Å². The first-order valence-corrected chi connectivity index (χ1v) is 15.1. The zero-order valence-corrected chi connectivity index (χ0v) is 23.2. The smallest absolute Gasteiger partial charge is 0.483 e. The van der Waals surface area contributed by atoms with Gasteiger partial charge in [0.05, 0.1) is 12.5 Å². The van der Waals surface area contributed by atoms with Crippen molar-refractivity contribution >= 4 is 57.9 Å². The summed E-state index contributed by atoms with van der Waals surface area (Å²) in [6, 6.07) is 9.86. The zero-order chi connectivity index (χ0) is 27.2. The van der Waals surface area contributed by atoms with Crippen LogP contribution in [0, 0.1) is 5.92 Å². The number of ether oxygens (including phenoxy) is 3. The Hall–Kier alpha value is -2.09. The topological polar surface area (TPSA) is 154 Å². The van der Waals surface area contributed by atoms with Crippen LogP contribution >= 0.6 is 33.3 Å². The second-order valence-electron chi connectivity index (χ2n) is 7.18.